The Bertz CT molecular complexity index is 400. The van der Waals surface area contributed by atoms with Gasteiger partial charge >= 0.3 is 0 Å². The minimum atomic E-state index is -0.178. The predicted molar refractivity (Wildman–Crippen MR) is 69.5 cm³/mol. The van der Waals surface area contributed by atoms with Crippen LogP contribution in [0.1, 0.15) is 11.1 Å². The van der Waals surface area contributed by atoms with Crippen molar-refractivity contribution in [3.63, 3.8) is 0 Å². The summed E-state index contributed by atoms with van der Waals surface area (Å²) < 4.78 is 12.7. The van der Waals surface area contributed by atoms with Gasteiger partial charge in [0.25, 0.3) is 0 Å². The molecule has 0 amide bonds. The maximum Gasteiger partial charge on any atom is 0.122 e. The van der Waals surface area contributed by atoms with Gasteiger partial charge in [-0.2, -0.15) is 6.32 Å². The molecule has 2 heteroatoms. The Kier molecular flexibility index (Phi) is 3.40. The highest BCUT2D eigenvalue weighted by Crippen LogP contribution is 2.03. The van der Waals surface area contributed by atoms with Gasteiger partial charge in [-0.15, -0.1) is 0 Å². The Balaban J connectivity index is 1.97. The summed E-state index contributed by atoms with van der Waals surface area (Å²) in [6, 6.07) is 15.6. The molecule has 2 aromatic carbocycles. The third kappa shape index (κ3) is 2.96. The van der Waals surface area contributed by atoms with E-state index in [1.165, 1.54) is 16.6 Å². The molecule has 0 aliphatic rings. The van der Waals surface area contributed by atoms with Gasteiger partial charge in [-0.3, -0.25) is 0 Å². The van der Waals surface area contributed by atoms with E-state index in [0.29, 0.717) is 0 Å². The molecule has 0 nitrogen and oxygen atoms in total. The Morgan fingerprint density at radius 3 is 2.19 bits per heavy atom. The summed E-state index contributed by atoms with van der Waals surface area (Å²) in [5.74, 6) is -0.148. The van der Waals surface area contributed by atoms with Gasteiger partial charge in [0.05, 0.1) is 0 Å². The third-order valence-electron chi connectivity index (χ3n) is 3.12. The highest BCUT2D eigenvalue weighted by atomic mass is 19.1. The molecule has 0 saturated carbocycles. The van der Waals surface area contributed by atoms with Crippen LogP contribution < -0.4 is 5.46 Å². The second kappa shape index (κ2) is 4.97. The summed E-state index contributed by atoms with van der Waals surface area (Å²) in [4.78, 5) is 0. The van der Waals surface area contributed by atoms with Crippen LogP contribution in [0.25, 0.3) is 0 Å². The normalized spacial score (nSPS) is 10.4. The number of halogens is 1. The van der Waals surface area contributed by atoms with E-state index in [0.717, 1.165) is 6.32 Å². The second-order valence-corrected chi connectivity index (χ2v) is 4.49. The molecule has 2 aromatic rings. The molecule has 0 aliphatic heterocycles. The predicted octanol–water partition coefficient (Wildman–Crippen LogP) is 2.13. The summed E-state index contributed by atoms with van der Waals surface area (Å²) in [6.45, 7) is 2.10. The van der Waals surface area contributed by atoms with Crippen molar-refractivity contribution in [2.24, 2.45) is 0 Å². The first-order chi connectivity index (χ1) is 7.74. The van der Waals surface area contributed by atoms with E-state index in [1.807, 2.05) is 12.1 Å². The van der Waals surface area contributed by atoms with Crippen LogP contribution in [0.3, 0.4) is 0 Å². The van der Waals surface area contributed by atoms with Crippen molar-refractivity contribution >= 4 is 12.7 Å². The molecule has 2 rings (SSSR count). The molecule has 0 aromatic heterocycles. The molecule has 0 fully saturated rings. The quantitative estimate of drug-likeness (QED) is 0.685. The molecule has 0 atom stereocenters. The zero-order valence-electron chi connectivity index (χ0n) is 9.70. The summed E-state index contributed by atoms with van der Waals surface area (Å²) in [6.07, 6.45) is 1.13. The maximum atomic E-state index is 12.7. The summed E-state index contributed by atoms with van der Waals surface area (Å²) in [5, 5.41) is 0. The summed E-state index contributed by atoms with van der Waals surface area (Å²) in [5.41, 5.74) is 3.99. The number of benzene rings is 2. The Labute approximate surface area is 96.4 Å². The lowest BCUT2D eigenvalue weighted by atomic mass is 9.65. The Hall–Kier alpha value is -1.57. The average Bonchev–Trinajstić information content (AvgIpc) is 2.30. The van der Waals surface area contributed by atoms with Crippen LogP contribution >= 0.6 is 0 Å². The topological polar surface area (TPSA) is 0 Å². The van der Waals surface area contributed by atoms with Crippen molar-refractivity contribution in [2.45, 2.75) is 13.2 Å². The van der Waals surface area contributed by atoms with Crippen molar-refractivity contribution in [3.05, 3.63) is 65.5 Å². The monoisotopic (exact) mass is 213 g/mol. The van der Waals surface area contributed by atoms with Gasteiger partial charge in [0, 0.05) is 7.28 Å². The molecule has 0 spiro atoms. The molecular weight excluding hydrogens is 198 g/mol. The van der Waals surface area contributed by atoms with E-state index in [2.05, 4.69) is 31.2 Å². The number of hydrogen-bond donors (Lipinski definition) is 0. The van der Waals surface area contributed by atoms with Gasteiger partial charge in [0.15, 0.2) is 0 Å². The fourth-order valence-electron chi connectivity index (χ4n) is 2.00. The second-order valence-electron chi connectivity index (χ2n) is 4.49. The number of rotatable bonds is 3. The maximum absolute atomic E-state index is 12.7. The minimum Gasteiger partial charge on any atom is -0.217 e. The zero-order valence-corrected chi connectivity index (χ0v) is 9.70. The molecule has 0 bridgehead atoms. The largest absolute Gasteiger partial charge is 0.217 e. The minimum absolute atomic E-state index is 0.148. The van der Waals surface area contributed by atoms with Crippen LogP contribution in [0.15, 0.2) is 48.5 Å². The van der Waals surface area contributed by atoms with Crippen LogP contribution in [-0.4, -0.2) is 7.28 Å². The van der Waals surface area contributed by atoms with E-state index in [1.54, 1.807) is 12.1 Å². The lowest BCUT2D eigenvalue weighted by molar-refractivity contribution is 0.628. The van der Waals surface area contributed by atoms with E-state index < -0.39 is 0 Å². The van der Waals surface area contributed by atoms with Crippen LogP contribution in [0, 0.1) is 12.7 Å². The van der Waals surface area contributed by atoms with Crippen LogP contribution in [-0.2, 0) is 6.32 Å². The van der Waals surface area contributed by atoms with Crippen molar-refractivity contribution in [2.75, 3.05) is 0 Å². The first kappa shape index (κ1) is 10.9. The molecule has 0 radical (unpaired) electrons. The van der Waals surface area contributed by atoms with Crippen molar-refractivity contribution < 1.29 is 4.39 Å². The zero-order chi connectivity index (χ0) is 11.4. The van der Waals surface area contributed by atoms with Crippen molar-refractivity contribution in [1.82, 2.24) is 0 Å². The SMILES string of the molecule is Cc1ccc(C[BH2-]c2ccc(F)cc2)cc1. The molecular formula is C14H15BF-. The summed E-state index contributed by atoms with van der Waals surface area (Å²) >= 11 is 0. The van der Waals surface area contributed by atoms with Crippen LogP contribution in [0.2, 0.25) is 0 Å². The van der Waals surface area contributed by atoms with Gasteiger partial charge in [-0.25, -0.2) is 9.85 Å². The molecule has 0 heterocycles. The fourth-order valence-corrected chi connectivity index (χ4v) is 2.00. The lowest BCUT2D eigenvalue weighted by Crippen LogP contribution is -2.16. The molecule has 0 aliphatic carbocycles. The van der Waals surface area contributed by atoms with Gasteiger partial charge in [0.1, 0.15) is 5.82 Å². The van der Waals surface area contributed by atoms with Gasteiger partial charge in [-0.1, -0.05) is 47.5 Å². The first-order valence-electron chi connectivity index (χ1n) is 5.89. The first-order valence-corrected chi connectivity index (χ1v) is 5.89. The van der Waals surface area contributed by atoms with Crippen molar-refractivity contribution in [3.8, 4) is 0 Å². The average molecular weight is 213 g/mol. The van der Waals surface area contributed by atoms with Crippen molar-refractivity contribution in [1.29, 1.82) is 0 Å². The molecule has 82 valence electrons. The number of aryl methyl sites for hydroxylation is 1. The standard InChI is InChI=1S/C14H15BF/c1-11-2-4-12(5-3-11)10-15-13-6-8-14(16)9-7-13/h2-9H,10,15H2,1H3/q-1. The highest BCUT2D eigenvalue weighted by Gasteiger charge is 1.91. The third-order valence-corrected chi connectivity index (χ3v) is 3.12. The fraction of sp³-hybridized carbons (Fsp3) is 0.143. The van der Waals surface area contributed by atoms with E-state index in [4.69, 9.17) is 0 Å². The smallest absolute Gasteiger partial charge is 0.122 e. The Morgan fingerprint density at radius 1 is 0.938 bits per heavy atom. The molecule has 0 saturated heterocycles. The van der Waals surface area contributed by atoms with E-state index in [-0.39, 0.29) is 13.1 Å². The van der Waals surface area contributed by atoms with Crippen LogP contribution in [0.5, 0.6) is 0 Å². The van der Waals surface area contributed by atoms with E-state index >= 15 is 0 Å². The molecule has 16 heavy (non-hydrogen) atoms. The Morgan fingerprint density at radius 2 is 1.56 bits per heavy atom. The lowest BCUT2D eigenvalue weighted by Gasteiger charge is -2.08. The van der Waals surface area contributed by atoms with Crippen LogP contribution in [0.4, 0.5) is 4.39 Å². The van der Waals surface area contributed by atoms with E-state index in [9.17, 15) is 4.39 Å². The van der Waals surface area contributed by atoms with Gasteiger partial charge < -0.3 is 0 Å². The molecule has 0 unspecified atom stereocenters. The number of hydrogen-bond acceptors (Lipinski definition) is 0. The van der Waals surface area contributed by atoms with Gasteiger partial charge in [-0.05, 0) is 19.1 Å². The summed E-state index contributed by atoms with van der Waals surface area (Å²) in [7, 11) is -0.178. The van der Waals surface area contributed by atoms with Gasteiger partial charge in [0.2, 0.25) is 0 Å². The molecule has 0 N–H and O–H groups in total. The highest BCUT2D eigenvalue weighted by molar-refractivity contribution is 6.52.